The van der Waals surface area contributed by atoms with Crippen molar-refractivity contribution in [1.82, 2.24) is 20.0 Å². The molecule has 1 aromatic rings. The molecule has 1 amide bonds. The highest BCUT2D eigenvalue weighted by Crippen LogP contribution is 2.31. The van der Waals surface area contributed by atoms with Crippen molar-refractivity contribution in [3.8, 4) is 0 Å². The fourth-order valence-corrected chi connectivity index (χ4v) is 2.57. The van der Waals surface area contributed by atoms with Gasteiger partial charge in [0.25, 0.3) is 5.91 Å². The van der Waals surface area contributed by atoms with Crippen LogP contribution in [0.1, 0.15) is 25.5 Å². The fourth-order valence-electron chi connectivity index (χ4n) is 2.02. The molecule has 1 N–H and O–H groups in total. The molecule has 2 aliphatic rings. The lowest BCUT2D eigenvalue weighted by Crippen LogP contribution is -2.32. The van der Waals surface area contributed by atoms with Crippen LogP contribution in [0.25, 0.3) is 6.08 Å². The van der Waals surface area contributed by atoms with Crippen LogP contribution in [0.2, 0.25) is 5.02 Å². The Bertz CT molecular complexity index is 591. The zero-order chi connectivity index (χ0) is 13.6. The first-order valence-electron chi connectivity index (χ1n) is 6.19. The summed E-state index contributed by atoms with van der Waals surface area (Å²) in [4.78, 5) is 13.9. The molecule has 1 saturated carbocycles. The molecule has 2 heterocycles. The van der Waals surface area contributed by atoms with Crippen molar-refractivity contribution in [3.05, 3.63) is 22.6 Å². The lowest BCUT2D eigenvalue weighted by atomic mass is 10.3. The van der Waals surface area contributed by atoms with Crippen molar-refractivity contribution in [3.63, 3.8) is 0 Å². The standard InChI is InChI=1S/C12H13ClN4OS/c1-2-16-6-8(13)9(15-16)5-10-11(18)17(7-3-4-7)12(19)14-10/h5-7H,2-4H2,1H3,(H,14,19)/b10-5+. The second-order valence-electron chi connectivity index (χ2n) is 4.61. The Morgan fingerprint density at radius 1 is 1.63 bits per heavy atom. The summed E-state index contributed by atoms with van der Waals surface area (Å²) in [7, 11) is 0. The topological polar surface area (TPSA) is 50.2 Å². The van der Waals surface area contributed by atoms with E-state index in [0.29, 0.717) is 21.5 Å². The van der Waals surface area contributed by atoms with E-state index in [1.165, 1.54) is 0 Å². The van der Waals surface area contributed by atoms with Gasteiger partial charge in [-0.25, -0.2) is 0 Å². The minimum atomic E-state index is -0.0883. The molecule has 7 heteroatoms. The average molecular weight is 297 g/mol. The van der Waals surface area contributed by atoms with Crippen LogP contribution in [-0.4, -0.2) is 31.7 Å². The number of thiocarbonyl (C=S) groups is 1. The molecule has 3 rings (SSSR count). The lowest BCUT2D eigenvalue weighted by molar-refractivity contribution is -0.122. The molecule has 0 atom stereocenters. The van der Waals surface area contributed by atoms with Crippen molar-refractivity contribution in [2.24, 2.45) is 0 Å². The molecule has 1 aliphatic heterocycles. The number of nitrogens with one attached hydrogen (secondary N) is 1. The minimum absolute atomic E-state index is 0.0883. The quantitative estimate of drug-likeness (QED) is 0.682. The van der Waals surface area contributed by atoms with E-state index in [2.05, 4.69) is 10.4 Å². The Labute approximate surface area is 121 Å². The summed E-state index contributed by atoms with van der Waals surface area (Å²) in [5, 5.41) is 8.23. The molecule has 0 bridgehead atoms. The Morgan fingerprint density at radius 2 is 2.37 bits per heavy atom. The fraction of sp³-hybridized carbons (Fsp3) is 0.417. The summed E-state index contributed by atoms with van der Waals surface area (Å²) in [6, 6.07) is 0.266. The summed E-state index contributed by atoms with van der Waals surface area (Å²) >= 11 is 11.3. The Balaban J connectivity index is 1.89. The van der Waals surface area contributed by atoms with Gasteiger partial charge in [-0.3, -0.25) is 14.4 Å². The first kappa shape index (κ1) is 12.6. The molecule has 1 saturated heterocycles. The predicted octanol–water partition coefficient (Wildman–Crippen LogP) is 1.78. The minimum Gasteiger partial charge on any atom is -0.328 e. The van der Waals surface area contributed by atoms with Crippen LogP contribution >= 0.6 is 23.8 Å². The van der Waals surface area contributed by atoms with Gasteiger partial charge in [0.05, 0.1) is 5.02 Å². The highest BCUT2D eigenvalue weighted by molar-refractivity contribution is 7.80. The first-order valence-corrected chi connectivity index (χ1v) is 6.98. The van der Waals surface area contributed by atoms with Crippen molar-refractivity contribution in [2.75, 3.05) is 0 Å². The van der Waals surface area contributed by atoms with Crippen LogP contribution in [0.5, 0.6) is 0 Å². The first-order chi connectivity index (χ1) is 9.10. The molecule has 0 radical (unpaired) electrons. The van der Waals surface area contributed by atoms with Gasteiger partial charge in [-0.1, -0.05) is 11.6 Å². The largest absolute Gasteiger partial charge is 0.328 e. The van der Waals surface area contributed by atoms with Gasteiger partial charge in [0.15, 0.2) is 5.11 Å². The number of hydrogen-bond donors (Lipinski definition) is 1. The van der Waals surface area contributed by atoms with Crippen LogP contribution in [0, 0.1) is 0 Å². The summed E-state index contributed by atoms with van der Waals surface area (Å²) in [6.45, 7) is 2.71. The van der Waals surface area contributed by atoms with Gasteiger partial charge < -0.3 is 5.32 Å². The molecule has 19 heavy (non-hydrogen) atoms. The molecule has 0 unspecified atom stereocenters. The van der Waals surface area contributed by atoms with Crippen molar-refractivity contribution >= 4 is 40.9 Å². The van der Waals surface area contributed by atoms with Gasteiger partial charge >= 0.3 is 0 Å². The smallest absolute Gasteiger partial charge is 0.276 e. The molecular weight excluding hydrogens is 284 g/mol. The molecule has 100 valence electrons. The molecular formula is C12H13ClN4OS. The number of aromatic nitrogens is 2. The van der Waals surface area contributed by atoms with Crippen molar-refractivity contribution in [2.45, 2.75) is 32.4 Å². The number of carbonyl (C=O) groups excluding carboxylic acids is 1. The van der Waals surface area contributed by atoms with E-state index < -0.39 is 0 Å². The van der Waals surface area contributed by atoms with Gasteiger partial charge in [-0.05, 0) is 38.1 Å². The maximum atomic E-state index is 12.2. The van der Waals surface area contributed by atoms with Gasteiger partial charge in [0, 0.05) is 18.8 Å². The normalized spacial score (nSPS) is 21.4. The van der Waals surface area contributed by atoms with E-state index >= 15 is 0 Å². The predicted molar refractivity (Wildman–Crippen MR) is 76.5 cm³/mol. The number of aryl methyl sites for hydroxylation is 1. The van der Waals surface area contributed by atoms with E-state index in [0.717, 1.165) is 19.4 Å². The van der Waals surface area contributed by atoms with E-state index in [1.54, 1.807) is 21.9 Å². The third-order valence-corrected chi connectivity index (χ3v) is 3.76. The van der Waals surface area contributed by atoms with Crippen molar-refractivity contribution in [1.29, 1.82) is 0 Å². The average Bonchev–Trinajstić information content (AvgIpc) is 3.08. The number of nitrogens with zero attached hydrogens (tertiary/aromatic N) is 3. The monoisotopic (exact) mass is 296 g/mol. The highest BCUT2D eigenvalue weighted by atomic mass is 35.5. The molecule has 0 aromatic carbocycles. The van der Waals surface area contributed by atoms with Crippen LogP contribution in [0.3, 0.4) is 0 Å². The molecule has 1 aromatic heterocycles. The summed E-state index contributed by atoms with van der Waals surface area (Å²) in [5.74, 6) is -0.0883. The number of hydrogen-bond acceptors (Lipinski definition) is 3. The summed E-state index contributed by atoms with van der Waals surface area (Å²) in [6.07, 6.45) is 5.44. The van der Waals surface area contributed by atoms with Gasteiger partial charge in [0.1, 0.15) is 11.4 Å². The van der Waals surface area contributed by atoms with Crippen LogP contribution in [0.15, 0.2) is 11.9 Å². The van der Waals surface area contributed by atoms with E-state index in [-0.39, 0.29) is 11.9 Å². The van der Waals surface area contributed by atoms with Crippen LogP contribution < -0.4 is 5.32 Å². The third kappa shape index (κ3) is 2.26. The highest BCUT2D eigenvalue weighted by Gasteiger charge is 2.41. The van der Waals surface area contributed by atoms with Gasteiger partial charge in [-0.2, -0.15) is 5.10 Å². The number of halogens is 1. The third-order valence-electron chi connectivity index (χ3n) is 3.17. The van der Waals surface area contributed by atoms with Crippen LogP contribution in [-0.2, 0) is 11.3 Å². The maximum absolute atomic E-state index is 12.2. The number of amides is 1. The molecule has 2 fully saturated rings. The van der Waals surface area contributed by atoms with Crippen LogP contribution in [0.4, 0.5) is 0 Å². The Hall–Kier alpha value is -1.40. The zero-order valence-electron chi connectivity index (χ0n) is 10.4. The Kier molecular flexibility index (Phi) is 3.06. The Morgan fingerprint density at radius 3 is 2.95 bits per heavy atom. The van der Waals surface area contributed by atoms with E-state index in [1.807, 2.05) is 6.92 Å². The second-order valence-corrected chi connectivity index (χ2v) is 5.41. The van der Waals surface area contributed by atoms with Crippen molar-refractivity contribution < 1.29 is 4.79 Å². The molecule has 5 nitrogen and oxygen atoms in total. The SMILES string of the molecule is CCn1cc(Cl)c(/C=C2/NC(=S)N(C3CC3)C2=O)n1. The van der Waals surface area contributed by atoms with Gasteiger partial charge in [0.2, 0.25) is 0 Å². The number of carbonyl (C=O) groups is 1. The lowest BCUT2D eigenvalue weighted by Gasteiger charge is -2.11. The number of rotatable bonds is 3. The maximum Gasteiger partial charge on any atom is 0.276 e. The zero-order valence-corrected chi connectivity index (χ0v) is 12.0. The van der Waals surface area contributed by atoms with E-state index in [9.17, 15) is 4.79 Å². The molecule has 1 aliphatic carbocycles. The van der Waals surface area contributed by atoms with Gasteiger partial charge in [-0.15, -0.1) is 0 Å². The molecule has 0 spiro atoms. The summed E-state index contributed by atoms with van der Waals surface area (Å²) < 4.78 is 1.73. The second kappa shape index (κ2) is 4.61. The summed E-state index contributed by atoms with van der Waals surface area (Å²) in [5.41, 5.74) is 1.03. The van der Waals surface area contributed by atoms with E-state index in [4.69, 9.17) is 23.8 Å².